The van der Waals surface area contributed by atoms with E-state index in [1.807, 2.05) is 18.4 Å². The van der Waals surface area contributed by atoms with Crippen molar-refractivity contribution >= 4 is 10.2 Å². The Morgan fingerprint density at radius 3 is 2.47 bits per heavy atom. The molecule has 1 aromatic rings. The van der Waals surface area contributed by atoms with Crippen molar-refractivity contribution in [1.82, 2.24) is 23.8 Å². The van der Waals surface area contributed by atoms with Crippen molar-refractivity contribution in [3.05, 3.63) is 12.2 Å². The maximum atomic E-state index is 12.2. The first-order chi connectivity index (χ1) is 8.92. The van der Waals surface area contributed by atoms with Gasteiger partial charge >= 0.3 is 0 Å². The molecule has 19 heavy (non-hydrogen) atoms. The molecule has 0 aliphatic carbocycles. The zero-order chi connectivity index (χ0) is 14.0. The number of hydrogen-bond donors (Lipinski definition) is 1. The molecule has 0 amide bonds. The SMILES string of the molecule is CC(NS(=O)(=O)N1CCCC1)c1nncn1C(C)C. The minimum atomic E-state index is -3.43. The van der Waals surface area contributed by atoms with Crippen molar-refractivity contribution in [2.45, 2.75) is 45.7 Å². The predicted molar refractivity (Wildman–Crippen MR) is 71.7 cm³/mol. The number of rotatable bonds is 5. The highest BCUT2D eigenvalue weighted by molar-refractivity contribution is 7.87. The topological polar surface area (TPSA) is 80.1 Å². The van der Waals surface area contributed by atoms with Gasteiger partial charge in [0.2, 0.25) is 0 Å². The van der Waals surface area contributed by atoms with Crippen molar-refractivity contribution in [2.75, 3.05) is 13.1 Å². The summed E-state index contributed by atoms with van der Waals surface area (Å²) >= 11 is 0. The zero-order valence-corrected chi connectivity index (χ0v) is 12.4. The van der Waals surface area contributed by atoms with Gasteiger partial charge in [-0.1, -0.05) is 0 Å². The van der Waals surface area contributed by atoms with Gasteiger partial charge in [0.05, 0.1) is 6.04 Å². The summed E-state index contributed by atoms with van der Waals surface area (Å²) in [7, 11) is -3.43. The largest absolute Gasteiger partial charge is 0.314 e. The summed E-state index contributed by atoms with van der Waals surface area (Å²) in [6.07, 6.45) is 3.48. The molecule has 1 N–H and O–H groups in total. The molecule has 1 aromatic heterocycles. The molecular formula is C11H21N5O2S. The minimum Gasteiger partial charge on any atom is -0.314 e. The molecule has 1 fully saturated rings. The molecule has 0 saturated carbocycles. The van der Waals surface area contributed by atoms with E-state index >= 15 is 0 Å². The Labute approximate surface area is 114 Å². The zero-order valence-electron chi connectivity index (χ0n) is 11.6. The summed E-state index contributed by atoms with van der Waals surface area (Å²) in [4.78, 5) is 0. The lowest BCUT2D eigenvalue weighted by atomic mass is 10.3. The molecule has 0 bridgehead atoms. The van der Waals surface area contributed by atoms with Crippen LogP contribution >= 0.6 is 0 Å². The molecule has 1 unspecified atom stereocenters. The first-order valence-corrected chi connectivity index (χ1v) is 8.02. The van der Waals surface area contributed by atoms with Gasteiger partial charge in [-0.05, 0) is 33.6 Å². The van der Waals surface area contributed by atoms with Gasteiger partial charge in [0.1, 0.15) is 6.33 Å². The monoisotopic (exact) mass is 287 g/mol. The summed E-state index contributed by atoms with van der Waals surface area (Å²) in [5.41, 5.74) is 0. The molecule has 1 aliphatic heterocycles. The molecule has 2 heterocycles. The molecule has 1 atom stereocenters. The highest BCUT2D eigenvalue weighted by Crippen LogP contribution is 2.18. The highest BCUT2D eigenvalue weighted by atomic mass is 32.2. The van der Waals surface area contributed by atoms with Gasteiger partial charge in [-0.3, -0.25) is 0 Å². The standard InChI is InChI=1S/C11H21N5O2S/c1-9(2)16-8-12-13-11(16)10(3)14-19(17,18)15-6-4-5-7-15/h8-10,14H,4-7H2,1-3H3. The normalized spacial score (nSPS) is 19.2. The number of nitrogens with zero attached hydrogens (tertiary/aromatic N) is 4. The number of hydrogen-bond acceptors (Lipinski definition) is 4. The molecule has 2 rings (SSSR count). The third-order valence-corrected chi connectivity index (χ3v) is 4.97. The average molecular weight is 287 g/mol. The lowest BCUT2D eigenvalue weighted by Crippen LogP contribution is -2.40. The fourth-order valence-corrected chi connectivity index (χ4v) is 3.68. The molecular weight excluding hydrogens is 266 g/mol. The van der Waals surface area contributed by atoms with Gasteiger partial charge in [0, 0.05) is 19.1 Å². The second-order valence-electron chi connectivity index (χ2n) is 5.14. The van der Waals surface area contributed by atoms with E-state index in [4.69, 9.17) is 0 Å². The Morgan fingerprint density at radius 2 is 1.89 bits per heavy atom. The maximum Gasteiger partial charge on any atom is 0.280 e. The Hall–Kier alpha value is -0.990. The van der Waals surface area contributed by atoms with Crippen molar-refractivity contribution < 1.29 is 8.42 Å². The smallest absolute Gasteiger partial charge is 0.280 e. The van der Waals surface area contributed by atoms with E-state index in [2.05, 4.69) is 14.9 Å². The van der Waals surface area contributed by atoms with E-state index in [1.165, 1.54) is 4.31 Å². The fourth-order valence-electron chi connectivity index (χ4n) is 2.24. The third kappa shape index (κ3) is 3.13. The number of nitrogens with one attached hydrogen (secondary N) is 1. The van der Waals surface area contributed by atoms with Crippen LogP contribution in [0.15, 0.2) is 6.33 Å². The van der Waals surface area contributed by atoms with Crippen LogP contribution in [0.25, 0.3) is 0 Å². The Bertz CT molecular complexity index is 519. The van der Waals surface area contributed by atoms with Gasteiger partial charge in [-0.2, -0.15) is 17.4 Å². The highest BCUT2D eigenvalue weighted by Gasteiger charge is 2.28. The first kappa shape index (κ1) is 14.4. The van der Waals surface area contributed by atoms with Crippen molar-refractivity contribution in [3.8, 4) is 0 Å². The van der Waals surface area contributed by atoms with E-state index in [-0.39, 0.29) is 6.04 Å². The van der Waals surface area contributed by atoms with Crippen LogP contribution < -0.4 is 4.72 Å². The minimum absolute atomic E-state index is 0.198. The number of aromatic nitrogens is 3. The van der Waals surface area contributed by atoms with Gasteiger partial charge < -0.3 is 4.57 Å². The lowest BCUT2D eigenvalue weighted by Gasteiger charge is -2.21. The van der Waals surface area contributed by atoms with Crippen LogP contribution in [-0.2, 0) is 10.2 Å². The Morgan fingerprint density at radius 1 is 1.26 bits per heavy atom. The van der Waals surface area contributed by atoms with Crippen LogP contribution in [-0.4, -0.2) is 40.6 Å². The maximum absolute atomic E-state index is 12.2. The quantitative estimate of drug-likeness (QED) is 0.870. The average Bonchev–Trinajstić information content (AvgIpc) is 3.00. The summed E-state index contributed by atoms with van der Waals surface area (Å²) in [5, 5.41) is 7.87. The van der Waals surface area contributed by atoms with E-state index in [1.54, 1.807) is 13.3 Å². The molecule has 7 nitrogen and oxygen atoms in total. The lowest BCUT2D eigenvalue weighted by molar-refractivity contribution is 0.447. The van der Waals surface area contributed by atoms with Gasteiger partial charge in [0.25, 0.3) is 10.2 Å². The van der Waals surface area contributed by atoms with Crippen LogP contribution in [0.1, 0.15) is 51.5 Å². The van der Waals surface area contributed by atoms with Crippen molar-refractivity contribution in [2.24, 2.45) is 0 Å². The van der Waals surface area contributed by atoms with Gasteiger partial charge in [-0.25, -0.2) is 0 Å². The molecule has 0 radical (unpaired) electrons. The third-order valence-electron chi connectivity index (χ3n) is 3.28. The van der Waals surface area contributed by atoms with Crippen LogP contribution in [0.5, 0.6) is 0 Å². The fraction of sp³-hybridized carbons (Fsp3) is 0.818. The van der Waals surface area contributed by atoms with Crippen LogP contribution in [0.3, 0.4) is 0 Å². The van der Waals surface area contributed by atoms with Crippen LogP contribution in [0.4, 0.5) is 0 Å². The van der Waals surface area contributed by atoms with Gasteiger partial charge in [-0.15, -0.1) is 10.2 Å². The first-order valence-electron chi connectivity index (χ1n) is 6.58. The van der Waals surface area contributed by atoms with Crippen molar-refractivity contribution in [1.29, 1.82) is 0 Å². The molecule has 0 spiro atoms. The molecule has 8 heteroatoms. The van der Waals surface area contributed by atoms with E-state index in [0.717, 1.165) is 12.8 Å². The van der Waals surface area contributed by atoms with Crippen molar-refractivity contribution in [3.63, 3.8) is 0 Å². The second kappa shape index (κ2) is 5.56. The Kier molecular flexibility index (Phi) is 4.22. The summed E-state index contributed by atoms with van der Waals surface area (Å²) in [6, 6.07) is -0.195. The molecule has 0 aromatic carbocycles. The van der Waals surface area contributed by atoms with E-state index in [9.17, 15) is 8.42 Å². The Balaban J connectivity index is 2.12. The van der Waals surface area contributed by atoms with E-state index < -0.39 is 16.3 Å². The summed E-state index contributed by atoms with van der Waals surface area (Å²) in [5.74, 6) is 0.637. The second-order valence-corrected chi connectivity index (χ2v) is 6.84. The molecule has 1 aliphatic rings. The molecule has 108 valence electrons. The summed E-state index contributed by atoms with van der Waals surface area (Å²) < 4.78 is 30.4. The van der Waals surface area contributed by atoms with E-state index in [0.29, 0.717) is 18.9 Å². The predicted octanol–water partition coefficient (Wildman–Crippen LogP) is 0.850. The molecule has 1 saturated heterocycles. The van der Waals surface area contributed by atoms with Crippen LogP contribution in [0.2, 0.25) is 0 Å². The van der Waals surface area contributed by atoms with Crippen LogP contribution in [0, 0.1) is 0 Å². The summed E-state index contributed by atoms with van der Waals surface area (Å²) in [6.45, 7) is 7.00. The van der Waals surface area contributed by atoms with Gasteiger partial charge in [0.15, 0.2) is 5.82 Å².